The first-order chi connectivity index (χ1) is 6.79. The molecule has 0 atom stereocenters. The Morgan fingerprint density at radius 2 is 2.50 bits per heavy atom. The average molecular weight is 269 g/mol. The van der Waals surface area contributed by atoms with Gasteiger partial charge < -0.3 is 0 Å². The predicted molar refractivity (Wildman–Crippen MR) is 56.7 cm³/mol. The first-order valence-electron chi connectivity index (χ1n) is 3.82. The molecule has 0 aromatic carbocycles. The molecule has 0 fully saturated rings. The van der Waals surface area contributed by atoms with Crippen molar-refractivity contribution in [3.63, 3.8) is 0 Å². The first kappa shape index (κ1) is 9.37. The van der Waals surface area contributed by atoms with Gasteiger partial charge in [0.05, 0.1) is 17.4 Å². The van der Waals surface area contributed by atoms with Gasteiger partial charge in [-0.1, -0.05) is 0 Å². The molecule has 0 unspecified atom stereocenters. The van der Waals surface area contributed by atoms with E-state index in [1.165, 1.54) is 0 Å². The number of rotatable bonds is 2. The zero-order valence-corrected chi connectivity index (χ0v) is 9.39. The van der Waals surface area contributed by atoms with E-state index in [-0.39, 0.29) is 6.42 Å². The van der Waals surface area contributed by atoms with Crippen LogP contribution in [-0.2, 0) is 6.42 Å². The van der Waals surface area contributed by atoms with Gasteiger partial charge in [-0.2, -0.15) is 10.4 Å². The number of H-pyrrole nitrogens is 1. The SMILES string of the molecule is N#CCc1nc(-c2cc(Br)cs2)n[nH]1. The summed E-state index contributed by atoms with van der Waals surface area (Å²) in [4.78, 5) is 5.17. The fraction of sp³-hybridized carbons (Fsp3) is 0.125. The largest absolute Gasteiger partial charge is 0.262 e. The molecule has 4 nitrogen and oxygen atoms in total. The molecule has 2 rings (SSSR count). The Kier molecular flexibility index (Phi) is 2.61. The third-order valence-corrected chi connectivity index (χ3v) is 3.25. The summed E-state index contributed by atoms with van der Waals surface area (Å²) in [5.41, 5.74) is 0. The Bertz CT molecular complexity index is 481. The molecule has 0 amide bonds. The normalized spacial score (nSPS) is 10.0. The van der Waals surface area contributed by atoms with Gasteiger partial charge in [0.15, 0.2) is 5.82 Å². The lowest BCUT2D eigenvalue weighted by molar-refractivity contribution is 0.996. The van der Waals surface area contributed by atoms with Crippen LogP contribution in [0.3, 0.4) is 0 Å². The van der Waals surface area contributed by atoms with Crippen molar-refractivity contribution in [3.05, 3.63) is 21.7 Å². The highest BCUT2D eigenvalue weighted by Gasteiger charge is 2.07. The van der Waals surface area contributed by atoms with Crippen LogP contribution >= 0.6 is 27.3 Å². The monoisotopic (exact) mass is 268 g/mol. The van der Waals surface area contributed by atoms with E-state index in [0.717, 1.165) is 9.35 Å². The summed E-state index contributed by atoms with van der Waals surface area (Å²) >= 11 is 4.92. The number of aromatic amines is 1. The Morgan fingerprint density at radius 3 is 3.14 bits per heavy atom. The molecule has 0 aliphatic heterocycles. The maximum Gasteiger partial charge on any atom is 0.191 e. The van der Waals surface area contributed by atoms with E-state index in [1.54, 1.807) is 11.3 Å². The third kappa shape index (κ3) is 1.84. The lowest BCUT2D eigenvalue weighted by Gasteiger charge is -1.83. The number of aromatic nitrogens is 3. The highest BCUT2D eigenvalue weighted by molar-refractivity contribution is 9.10. The molecule has 0 saturated carbocycles. The van der Waals surface area contributed by atoms with E-state index in [2.05, 4.69) is 31.1 Å². The van der Waals surface area contributed by atoms with Crippen LogP contribution in [0.15, 0.2) is 15.9 Å². The van der Waals surface area contributed by atoms with Crippen molar-refractivity contribution in [2.75, 3.05) is 0 Å². The molecule has 14 heavy (non-hydrogen) atoms. The Labute approximate surface area is 92.7 Å². The molecule has 0 spiro atoms. The molecule has 2 heterocycles. The molecule has 0 bridgehead atoms. The number of nitrogens with zero attached hydrogens (tertiary/aromatic N) is 3. The zero-order chi connectivity index (χ0) is 9.97. The van der Waals surface area contributed by atoms with E-state index < -0.39 is 0 Å². The molecule has 2 aromatic heterocycles. The van der Waals surface area contributed by atoms with E-state index in [0.29, 0.717) is 11.6 Å². The summed E-state index contributed by atoms with van der Waals surface area (Å²) in [7, 11) is 0. The van der Waals surface area contributed by atoms with Gasteiger partial charge in [0.2, 0.25) is 0 Å². The Hall–Kier alpha value is -1.19. The lowest BCUT2D eigenvalue weighted by Crippen LogP contribution is -1.83. The number of nitrogens with one attached hydrogen (secondary N) is 1. The lowest BCUT2D eigenvalue weighted by atomic mass is 10.4. The molecular formula is C8H5BrN4S. The minimum absolute atomic E-state index is 0.263. The van der Waals surface area contributed by atoms with Crippen molar-refractivity contribution >= 4 is 27.3 Å². The van der Waals surface area contributed by atoms with Gasteiger partial charge in [0.1, 0.15) is 5.82 Å². The number of thiophene rings is 1. The zero-order valence-electron chi connectivity index (χ0n) is 6.99. The second kappa shape index (κ2) is 3.90. The van der Waals surface area contributed by atoms with Crippen LogP contribution in [0.5, 0.6) is 0 Å². The quantitative estimate of drug-likeness (QED) is 0.910. The fourth-order valence-corrected chi connectivity index (χ4v) is 2.35. The smallest absolute Gasteiger partial charge is 0.191 e. The highest BCUT2D eigenvalue weighted by Crippen LogP contribution is 2.27. The van der Waals surface area contributed by atoms with Crippen LogP contribution in [-0.4, -0.2) is 15.2 Å². The van der Waals surface area contributed by atoms with E-state index in [4.69, 9.17) is 5.26 Å². The molecule has 0 aliphatic rings. The van der Waals surface area contributed by atoms with Crippen LogP contribution in [0.25, 0.3) is 10.7 Å². The van der Waals surface area contributed by atoms with E-state index in [1.807, 2.05) is 17.5 Å². The molecule has 6 heteroatoms. The van der Waals surface area contributed by atoms with Crippen molar-refractivity contribution in [2.24, 2.45) is 0 Å². The van der Waals surface area contributed by atoms with Gasteiger partial charge in [-0.3, -0.25) is 5.10 Å². The van der Waals surface area contributed by atoms with Gasteiger partial charge in [-0.25, -0.2) is 4.98 Å². The summed E-state index contributed by atoms with van der Waals surface area (Å²) in [6, 6.07) is 3.96. The number of hydrogen-bond donors (Lipinski definition) is 1. The fourth-order valence-electron chi connectivity index (χ4n) is 0.990. The molecule has 1 N–H and O–H groups in total. The van der Waals surface area contributed by atoms with Crippen molar-refractivity contribution in [1.82, 2.24) is 15.2 Å². The van der Waals surface area contributed by atoms with Crippen LogP contribution < -0.4 is 0 Å². The average Bonchev–Trinajstić information content (AvgIpc) is 2.74. The molecule has 0 aliphatic carbocycles. The maximum absolute atomic E-state index is 8.46. The molecular weight excluding hydrogens is 264 g/mol. The van der Waals surface area contributed by atoms with Gasteiger partial charge in [-0.15, -0.1) is 11.3 Å². The number of halogens is 1. The summed E-state index contributed by atoms with van der Waals surface area (Å²) < 4.78 is 1.02. The Balaban J connectivity index is 2.30. The molecule has 70 valence electrons. The predicted octanol–water partition coefficient (Wildman–Crippen LogP) is 2.36. The second-order valence-electron chi connectivity index (χ2n) is 2.57. The molecule has 0 radical (unpaired) electrons. The topological polar surface area (TPSA) is 65.4 Å². The summed E-state index contributed by atoms with van der Waals surface area (Å²) in [6.07, 6.45) is 0.263. The van der Waals surface area contributed by atoms with Crippen LogP contribution in [0, 0.1) is 11.3 Å². The van der Waals surface area contributed by atoms with Crippen molar-refractivity contribution in [3.8, 4) is 16.8 Å². The maximum atomic E-state index is 8.46. The van der Waals surface area contributed by atoms with Crippen LogP contribution in [0.1, 0.15) is 5.82 Å². The van der Waals surface area contributed by atoms with Crippen molar-refractivity contribution in [2.45, 2.75) is 6.42 Å². The van der Waals surface area contributed by atoms with Gasteiger partial charge in [0.25, 0.3) is 0 Å². The van der Waals surface area contributed by atoms with Crippen LogP contribution in [0.2, 0.25) is 0 Å². The van der Waals surface area contributed by atoms with Crippen molar-refractivity contribution < 1.29 is 0 Å². The minimum atomic E-state index is 0.263. The molecule has 0 saturated heterocycles. The Morgan fingerprint density at radius 1 is 1.64 bits per heavy atom. The number of nitriles is 1. The summed E-state index contributed by atoms with van der Waals surface area (Å²) in [6.45, 7) is 0. The van der Waals surface area contributed by atoms with Gasteiger partial charge >= 0.3 is 0 Å². The molecule has 2 aromatic rings. The summed E-state index contributed by atoms with van der Waals surface area (Å²) in [5.74, 6) is 1.25. The van der Waals surface area contributed by atoms with Gasteiger partial charge in [0, 0.05) is 9.85 Å². The summed E-state index contributed by atoms with van der Waals surface area (Å²) in [5, 5.41) is 17.2. The number of hydrogen-bond acceptors (Lipinski definition) is 4. The minimum Gasteiger partial charge on any atom is -0.262 e. The third-order valence-electron chi connectivity index (χ3n) is 1.57. The van der Waals surface area contributed by atoms with Crippen molar-refractivity contribution in [1.29, 1.82) is 5.26 Å². The van der Waals surface area contributed by atoms with E-state index in [9.17, 15) is 0 Å². The van der Waals surface area contributed by atoms with E-state index >= 15 is 0 Å². The van der Waals surface area contributed by atoms with Gasteiger partial charge in [-0.05, 0) is 22.0 Å². The first-order valence-corrected chi connectivity index (χ1v) is 5.49. The van der Waals surface area contributed by atoms with Crippen LogP contribution in [0.4, 0.5) is 0 Å². The second-order valence-corrected chi connectivity index (χ2v) is 4.40. The highest BCUT2D eigenvalue weighted by atomic mass is 79.9. The standard InChI is InChI=1S/C8H5BrN4S/c9-5-3-6(14-4-5)8-11-7(1-2-10)12-13-8/h3-4H,1H2,(H,11,12,13).